The molecule has 0 atom stereocenters. The summed E-state index contributed by atoms with van der Waals surface area (Å²) in [7, 11) is 0. The lowest BCUT2D eigenvalue weighted by Crippen LogP contribution is -2.26. The van der Waals surface area contributed by atoms with E-state index in [9.17, 15) is 15.0 Å². The number of hydrogen-bond donors (Lipinski definition) is 4. The second kappa shape index (κ2) is 6.88. The average molecular weight is 379 g/mol. The Kier molecular flexibility index (Phi) is 4.38. The number of fused-ring (bicyclic) bond motifs is 1. The Morgan fingerprint density at radius 3 is 2.79 bits per heavy atom. The van der Waals surface area contributed by atoms with Gasteiger partial charge in [0.15, 0.2) is 0 Å². The van der Waals surface area contributed by atoms with Crippen molar-refractivity contribution in [2.24, 2.45) is 0 Å². The third kappa shape index (κ3) is 3.24. The minimum atomic E-state index is -0.346. The van der Waals surface area contributed by atoms with Gasteiger partial charge in [0.1, 0.15) is 22.9 Å². The zero-order valence-corrected chi connectivity index (χ0v) is 15.6. The molecule has 4 rings (SSSR count). The summed E-state index contributed by atoms with van der Waals surface area (Å²) in [6.07, 6.45) is 1.70. The Bertz CT molecular complexity index is 1020. The Labute approximate surface area is 161 Å². The maximum atomic E-state index is 13.2. The summed E-state index contributed by atoms with van der Waals surface area (Å²) in [5.41, 5.74) is 3.08. The molecule has 2 aromatic heterocycles. The SMILES string of the molecule is CC(C)c1cc(Nc2cc(O)cc(O)c2C(=O)N2Cc3cccnc3C2)[nH]n1. The standard InChI is InChI=1S/C20H21N5O3/c1-11(2)14-8-18(24-23-14)22-15-6-13(26)7-17(27)19(15)20(28)25-9-12-4-3-5-21-16(12)10-25/h3-8,11,26-27H,9-10H2,1-2H3,(H2,22,23,24). The molecule has 1 aliphatic rings. The number of pyridine rings is 1. The van der Waals surface area contributed by atoms with Gasteiger partial charge in [0, 0.05) is 30.9 Å². The Morgan fingerprint density at radius 1 is 1.25 bits per heavy atom. The van der Waals surface area contributed by atoms with Gasteiger partial charge >= 0.3 is 0 Å². The largest absolute Gasteiger partial charge is 0.508 e. The molecule has 0 saturated heterocycles. The highest BCUT2D eigenvalue weighted by Gasteiger charge is 2.29. The van der Waals surface area contributed by atoms with Crippen molar-refractivity contribution in [1.29, 1.82) is 0 Å². The quantitative estimate of drug-likeness (QED) is 0.553. The van der Waals surface area contributed by atoms with Crippen LogP contribution in [-0.4, -0.2) is 36.2 Å². The number of benzene rings is 1. The van der Waals surface area contributed by atoms with Gasteiger partial charge in [0.25, 0.3) is 5.91 Å². The summed E-state index contributed by atoms with van der Waals surface area (Å²) >= 11 is 0. The molecule has 4 N–H and O–H groups in total. The number of nitrogens with one attached hydrogen (secondary N) is 2. The summed E-state index contributed by atoms with van der Waals surface area (Å²) in [5, 5.41) is 30.5. The first kappa shape index (κ1) is 17.8. The molecule has 3 heterocycles. The molecule has 1 aromatic carbocycles. The number of phenols is 2. The number of hydrogen-bond acceptors (Lipinski definition) is 6. The lowest BCUT2D eigenvalue weighted by atomic mass is 10.1. The third-order valence-corrected chi connectivity index (χ3v) is 4.75. The second-order valence-electron chi connectivity index (χ2n) is 7.14. The lowest BCUT2D eigenvalue weighted by molar-refractivity contribution is 0.0748. The molecule has 0 radical (unpaired) electrons. The molecule has 144 valence electrons. The van der Waals surface area contributed by atoms with E-state index in [1.165, 1.54) is 6.07 Å². The molecule has 0 spiro atoms. The van der Waals surface area contributed by atoms with Crippen molar-refractivity contribution >= 4 is 17.4 Å². The monoisotopic (exact) mass is 379 g/mol. The zero-order valence-electron chi connectivity index (χ0n) is 15.6. The Morgan fingerprint density at radius 2 is 2.07 bits per heavy atom. The van der Waals surface area contributed by atoms with Gasteiger partial charge in [-0.1, -0.05) is 19.9 Å². The zero-order chi connectivity index (χ0) is 19.8. The minimum absolute atomic E-state index is 0.0892. The van der Waals surface area contributed by atoms with Crippen molar-refractivity contribution in [3.63, 3.8) is 0 Å². The van der Waals surface area contributed by atoms with Crippen LogP contribution in [0.5, 0.6) is 11.5 Å². The van der Waals surface area contributed by atoms with E-state index in [0.717, 1.165) is 23.0 Å². The fraction of sp³-hybridized carbons (Fsp3) is 0.250. The van der Waals surface area contributed by atoms with E-state index in [1.54, 1.807) is 11.1 Å². The number of aromatic nitrogens is 3. The van der Waals surface area contributed by atoms with Crippen LogP contribution in [0.3, 0.4) is 0 Å². The molecule has 0 fully saturated rings. The number of aromatic amines is 1. The van der Waals surface area contributed by atoms with Crippen LogP contribution < -0.4 is 5.32 Å². The first-order chi connectivity index (χ1) is 13.4. The van der Waals surface area contributed by atoms with Crippen LogP contribution in [0.1, 0.15) is 47.1 Å². The van der Waals surface area contributed by atoms with Gasteiger partial charge in [-0.2, -0.15) is 5.10 Å². The molecule has 8 heteroatoms. The molecule has 28 heavy (non-hydrogen) atoms. The molecule has 0 aliphatic carbocycles. The van der Waals surface area contributed by atoms with Gasteiger partial charge in [-0.05, 0) is 17.5 Å². The number of aromatic hydroxyl groups is 2. The van der Waals surface area contributed by atoms with Crippen molar-refractivity contribution < 1.29 is 15.0 Å². The van der Waals surface area contributed by atoms with E-state index in [4.69, 9.17) is 0 Å². The van der Waals surface area contributed by atoms with Crippen molar-refractivity contribution in [2.75, 3.05) is 5.32 Å². The first-order valence-corrected chi connectivity index (χ1v) is 9.02. The summed E-state index contributed by atoms with van der Waals surface area (Å²) in [6.45, 7) is 4.84. The number of rotatable bonds is 4. The van der Waals surface area contributed by atoms with Crippen LogP contribution >= 0.6 is 0 Å². The molecule has 1 amide bonds. The fourth-order valence-corrected chi connectivity index (χ4v) is 3.28. The number of nitrogens with zero attached hydrogens (tertiary/aromatic N) is 3. The van der Waals surface area contributed by atoms with Gasteiger partial charge in [0.2, 0.25) is 0 Å². The van der Waals surface area contributed by atoms with Gasteiger partial charge in [-0.3, -0.25) is 14.9 Å². The highest BCUT2D eigenvalue weighted by Crippen LogP contribution is 2.35. The van der Waals surface area contributed by atoms with Crippen molar-refractivity contribution in [1.82, 2.24) is 20.1 Å². The molecule has 0 saturated carbocycles. The molecule has 8 nitrogen and oxygen atoms in total. The number of anilines is 2. The minimum Gasteiger partial charge on any atom is -0.508 e. The van der Waals surface area contributed by atoms with E-state index >= 15 is 0 Å². The Hall–Kier alpha value is -3.55. The summed E-state index contributed by atoms with van der Waals surface area (Å²) < 4.78 is 0. The summed E-state index contributed by atoms with van der Waals surface area (Å²) in [5.74, 6) is 0.0170. The van der Waals surface area contributed by atoms with Crippen molar-refractivity contribution in [3.8, 4) is 11.5 Å². The van der Waals surface area contributed by atoms with Crippen LogP contribution in [0.4, 0.5) is 11.5 Å². The number of phenolic OH excluding ortho intramolecular Hbond substituents is 2. The first-order valence-electron chi connectivity index (χ1n) is 9.02. The van der Waals surface area contributed by atoms with E-state index in [2.05, 4.69) is 20.5 Å². The van der Waals surface area contributed by atoms with Crippen LogP contribution in [-0.2, 0) is 13.1 Å². The van der Waals surface area contributed by atoms with Crippen LogP contribution in [0.15, 0.2) is 36.5 Å². The fourth-order valence-electron chi connectivity index (χ4n) is 3.28. The third-order valence-electron chi connectivity index (χ3n) is 4.75. The average Bonchev–Trinajstić information content (AvgIpc) is 3.27. The van der Waals surface area contributed by atoms with E-state index < -0.39 is 0 Å². The number of carbonyl (C=O) groups excluding carboxylic acids is 1. The predicted octanol–water partition coefficient (Wildman–Crippen LogP) is 3.24. The molecule has 1 aliphatic heterocycles. The number of amides is 1. The van der Waals surface area contributed by atoms with Crippen LogP contribution in [0.25, 0.3) is 0 Å². The topological polar surface area (TPSA) is 114 Å². The lowest BCUT2D eigenvalue weighted by Gasteiger charge is -2.19. The summed E-state index contributed by atoms with van der Waals surface area (Å²) in [4.78, 5) is 19.1. The smallest absolute Gasteiger partial charge is 0.260 e. The highest BCUT2D eigenvalue weighted by molar-refractivity contribution is 6.03. The van der Waals surface area contributed by atoms with Crippen LogP contribution in [0.2, 0.25) is 0 Å². The van der Waals surface area contributed by atoms with Gasteiger partial charge in [-0.25, -0.2) is 0 Å². The van der Waals surface area contributed by atoms with E-state index in [-0.39, 0.29) is 28.9 Å². The predicted molar refractivity (Wildman–Crippen MR) is 104 cm³/mol. The molecule has 0 unspecified atom stereocenters. The van der Waals surface area contributed by atoms with E-state index in [0.29, 0.717) is 24.6 Å². The summed E-state index contributed by atoms with van der Waals surface area (Å²) in [6, 6.07) is 8.16. The second-order valence-corrected chi connectivity index (χ2v) is 7.14. The maximum absolute atomic E-state index is 13.2. The number of H-pyrrole nitrogens is 1. The van der Waals surface area contributed by atoms with Gasteiger partial charge in [-0.15, -0.1) is 0 Å². The van der Waals surface area contributed by atoms with E-state index in [1.807, 2.05) is 32.0 Å². The normalized spacial score (nSPS) is 13.0. The van der Waals surface area contributed by atoms with Gasteiger partial charge < -0.3 is 20.4 Å². The van der Waals surface area contributed by atoms with Crippen molar-refractivity contribution in [2.45, 2.75) is 32.9 Å². The molecular weight excluding hydrogens is 358 g/mol. The van der Waals surface area contributed by atoms with Crippen molar-refractivity contribution in [3.05, 3.63) is 59.0 Å². The number of carbonyl (C=O) groups is 1. The van der Waals surface area contributed by atoms with Gasteiger partial charge in [0.05, 0.1) is 23.6 Å². The molecule has 0 bridgehead atoms. The van der Waals surface area contributed by atoms with Crippen LogP contribution in [0, 0.1) is 0 Å². The molecule has 3 aromatic rings. The Balaban J connectivity index is 1.66. The maximum Gasteiger partial charge on any atom is 0.260 e. The highest BCUT2D eigenvalue weighted by atomic mass is 16.3. The molecular formula is C20H21N5O3.